The fourth-order valence-corrected chi connectivity index (χ4v) is 2.02. The number of fused-ring (bicyclic) bond motifs is 1. The number of hydrogen-bond acceptors (Lipinski definition) is 4. The maximum absolute atomic E-state index is 12.4. The third-order valence-electron chi connectivity index (χ3n) is 3.20. The molecule has 0 N–H and O–H groups in total. The fourth-order valence-electron chi connectivity index (χ4n) is 2.02. The molecule has 0 saturated carbocycles. The normalized spacial score (nSPS) is 10.6. The fraction of sp³-hybridized carbons (Fsp3) is 0.118. The van der Waals surface area contributed by atoms with Gasteiger partial charge in [0.2, 0.25) is 11.2 Å². The monoisotopic (exact) mass is 282 g/mol. The summed E-state index contributed by atoms with van der Waals surface area (Å²) in [7, 11) is 1.56. The van der Waals surface area contributed by atoms with Crippen LogP contribution in [0.4, 0.5) is 0 Å². The number of aryl methyl sites for hydroxylation is 1. The van der Waals surface area contributed by atoms with Gasteiger partial charge in [-0.25, -0.2) is 0 Å². The van der Waals surface area contributed by atoms with E-state index in [1.807, 2.05) is 31.2 Å². The smallest absolute Gasteiger partial charge is 0.235 e. The van der Waals surface area contributed by atoms with E-state index in [0.29, 0.717) is 22.5 Å². The molecule has 0 spiro atoms. The Morgan fingerprint density at radius 3 is 2.43 bits per heavy atom. The average molecular weight is 282 g/mol. The molecule has 0 saturated heterocycles. The molecule has 0 amide bonds. The van der Waals surface area contributed by atoms with Gasteiger partial charge in [0.05, 0.1) is 12.5 Å². The van der Waals surface area contributed by atoms with Gasteiger partial charge in [0.1, 0.15) is 23.3 Å². The van der Waals surface area contributed by atoms with Crippen molar-refractivity contribution in [3.63, 3.8) is 0 Å². The highest BCUT2D eigenvalue weighted by molar-refractivity contribution is 5.79. The van der Waals surface area contributed by atoms with Gasteiger partial charge < -0.3 is 13.9 Å². The van der Waals surface area contributed by atoms with Gasteiger partial charge in [0.15, 0.2) is 0 Å². The van der Waals surface area contributed by atoms with Crippen LogP contribution in [-0.4, -0.2) is 7.11 Å². The van der Waals surface area contributed by atoms with Crippen LogP contribution in [0.15, 0.2) is 57.9 Å². The van der Waals surface area contributed by atoms with Crippen molar-refractivity contribution in [1.82, 2.24) is 0 Å². The average Bonchev–Trinajstić information content (AvgIpc) is 2.52. The maximum Gasteiger partial charge on any atom is 0.235 e. The highest BCUT2D eigenvalue weighted by Crippen LogP contribution is 2.23. The number of benzene rings is 2. The minimum Gasteiger partial charge on any atom is -0.497 e. The van der Waals surface area contributed by atoms with Crippen molar-refractivity contribution in [3.8, 4) is 17.2 Å². The highest BCUT2D eigenvalue weighted by Gasteiger charge is 2.09. The van der Waals surface area contributed by atoms with Gasteiger partial charge in [-0.05, 0) is 31.2 Å². The van der Waals surface area contributed by atoms with Crippen LogP contribution < -0.4 is 14.9 Å². The number of hydrogen-bond donors (Lipinski definition) is 0. The molecule has 0 aliphatic heterocycles. The van der Waals surface area contributed by atoms with Crippen molar-refractivity contribution in [2.75, 3.05) is 7.11 Å². The SMILES string of the molecule is COc1ccc2c(=O)c(Oc3ccc(C)cc3)coc2c1. The van der Waals surface area contributed by atoms with E-state index in [2.05, 4.69) is 0 Å². The van der Waals surface area contributed by atoms with Crippen LogP contribution in [0.1, 0.15) is 5.56 Å². The van der Waals surface area contributed by atoms with E-state index >= 15 is 0 Å². The molecule has 21 heavy (non-hydrogen) atoms. The second kappa shape index (κ2) is 5.32. The standard InChI is InChI=1S/C17H14O4/c1-11-3-5-12(6-4-11)21-16-10-20-15-9-13(19-2)7-8-14(15)17(16)18/h3-10H,1-2H3. The summed E-state index contributed by atoms with van der Waals surface area (Å²) >= 11 is 0. The van der Waals surface area contributed by atoms with Gasteiger partial charge in [-0.3, -0.25) is 4.79 Å². The third kappa shape index (κ3) is 2.60. The minimum absolute atomic E-state index is 0.163. The predicted octanol–water partition coefficient (Wildman–Crippen LogP) is 3.90. The van der Waals surface area contributed by atoms with E-state index in [-0.39, 0.29) is 11.2 Å². The zero-order chi connectivity index (χ0) is 14.8. The van der Waals surface area contributed by atoms with E-state index in [1.54, 1.807) is 25.3 Å². The van der Waals surface area contributed by atoms with Crippen LogP contribution in [-0.2, 0) is 0 Å². The van der Waals surface area contributed by atoms with E-state index in [4.69, 9.17) is 13.9 Å². The van der Waals surface area contributed by atoms with Crippen LogP contribution in [0.2, 0.25) is 0 Å². The second-order valence-corrected chi connectivity index (χ2v) is 4.71. The molecule has 106 valence electrons. The first kappa shape index (κ1) is 13.2. The van der Waals surface area contributed by atoms with Crippen molar-refractivity contribution in [2.45, 2.75) is 6.92 Å². The van der Waals surface area contributed by atoms with E-state index in [9.17, 15) is 4.79 Å². The predicted molar refractivity (Wildman–Crippen MR) is 80.3 cm³/mol. The minimum atomic E-state index is -0.209. The Hall–Kier alpha value is -2.75. The maximum atomic E-state index is 12.4. The van der Waals surface area contributed by atoms with Gasteiger partial charge >= 0.3 is 0 Å². The summed E-state index contributed by atoms with van der Waals surface area (Å²) < 4.78 is 16.2. The molecule has 0 unspecified atom stereocenters. The van der Waals surface area contributed by atoms with E-state index in [1.165, 1.54) is 6.26 Å². The summed E-state index contributed by atoms with van der Waals surface area (Å²) in [6.45, 7) is 1.99. The summed E-state index contributed by atoms with van der Waals surface area (Å²) in [5.74, 6) is 1.40. The third-order valence-corrected chi connectivity index (χ3v) is 3.20. The molecule has 0 aliphatic carbocycles. The van der Waals surface area contributed by atoms with Crippen LogP contribution in [0.5, 0.6) is 17.2 Å². The molecule has 1 aromatic heterocycles. The highest BCUT2D eigenvalue weighted by atomic mass is 16.5. The van der Waals surface area contributed by atoms with Gasteiger partial charge in [-0.1, -0.05) is 17.7 Å². The molecular weight excluding hydrogens is 268 g/mol. The Morgan fingerprint density at radius 1 is 1.00 bits per heavy atom. The zero-order valence-electron chi connectivity index (χ0n) is 11.8. The topological polar surface area (TPSA) is 48.7 Å². The molecule has 3 aromatic rings. The zero-order valence-corrected chi connectivity index (χ0v) is 11.8. The Bertz CT molecular complexity index is 832. The van der Waals surface area contributed by atoms with Gasteiger partial charge in [-0.2, -0.15) is 0 Å². The van der Waals surface area contributed by atoms with Gasteiger partial charge in [0.25, 0.3) is 0 Å². The van der Waals surface area contributed by atoms with Crippen molar-refractivity contribution < 1.29 is 13.9 Å². The van der Waals surface area contributed by atoms with E-state index in [0.717, 1.165) is 5.56 Å². The van der Waals surface area contributed by atoms with Crippen molar-refractivity contribution in [1.29, 1.82) is 0 Å². The molecule has 4 nitrogen and oxygen atoms in total. The van der Waals surface area contributed by atoms with Gasteiger partial charge in [-0.15, -0.1) is 0 Å². The van der Waals surface area contributed by atoms with Gasteiger partial charge in [0, 0.05) is 6.07 Å². The molecule has 4 heteroatoms. The molecule has 2 aromatic carbocycles. The largest absolute Gasteiger partial charge is 0.497 e. The lowest BCUT2D eigenvalue weighted by Gasteiger charge is -2.06. The number of rotatable bonds is 3. The summed E-state index contributed by atoms with van der Waals surface area (Å²) in [4.78, 5) is 12.4. The molecular formula is C17H14O4. The van der Waals surface area contributed by atoms with Crippen molar-refractivity contribution in [3.05, 3.63) is 64.5 Å². The molecule has 0 radical (unpaired) electrons. The Kier molecular flexibility index (Phi) is 3.36. The van der Waals surface area contributed by atoms with Crippen molar-refractivity contribution >= 4 is 11.0 Å². The quantitative estimate of drug-likeness (QED) is 0.731. The number of ether oxygens (including phenoxy) is 2. The molecule has 0 bridgehead atoms. The molecule has 0 aliphatic rings. The van der Waals surface area contributed by atoms with Crippen LogP contribution >= 0.6 is 0 Å². The lowest BCUT2D eigenvalue weighted by atomic mass is 10.2. The van der Waals surface area contributed by atoms with Crippen molar-refractivity contribution in [2.24, 2.45) is 0 Å². The lowest BCUT2D eigenvalue weighted by Crippen LogP contribution is -2.04. The van der Waals surface area contributed by atoms with E-state index < -0.39 is 0 Å². The molecule has 3 rings (SSSR count). The summed E-state index contributed by atoms with van der Waals surface area (Å²) in [6.07, 6.45) is 1.32. The summed E-state index contributed by atoms with van der Waals surface area (Å²) in [5, 5.41) is 0.459. The molecule has 1 heterocycles. The second-order valence-electron chi connectivity index (χ2n) is 4.71. The molecule has 0 atom stereocenters. The summed E-state index contributed by atoms with van der Waals surface area (Å²) in [5.41, 5.74) is 1.38. The Morgan fingerprint density at radius 2 is 1.71 bits per heavy atom. The Labute approximate surface area is 121 Å². The Balaban J connectivity index is 2.02. The first-order valence-electron chi connectivity index (χ1n) is 6.51. The van der Waals surface area contributed by atoms with Crippen LogP contribution in [0, 0.1) is 6.92 Å². The van der Waals surface area contributed by atoms with Crippen LogP contribution in [0.3, 0.4) is 0 Å². The number of methoxy groups -OCH3 is 1. The summed E-state index contributed by atoms with van der Waals surface area (Å²) in [6, 6.07) is 12.5. The van der Waals surface area contributed by atoms with Crippen LogP contribution in [0.25, 0.3) is 11.0 Å². The lowest BCUT2D eigenvalue weighted by molar-refractivity contribution is 0.413. The molecule has 0 fully saturated rings. The first-order chi connectivity index (χ1) is 10.2. The first-order valence-corrected chi connectivity index (χ1v) is 6.51.